The van der Waals surface area contributed by atoms with Crippen LogP contribution in [0, 0.1) is 12.3 Å². The van der Waals surface area contributed by atoms with Crippen molar-refractivity contribution in [2.45, 2.75) is 6.42 Å². The van der Waals surface area contributed by atoms with E-state index in [1.807, 2.05) is 0 Å². The fourth-order valence-electron chi connectivity index (χ4n) is 1.29. The van der Waals surface area contributed by atoms with Crippen molar-refractivity contribution >= 4 is 17.7 Å². The van der Waals surface area contributed by atoms with Gasteiger partial charge in [0.2, 0.25) is 5.91 Å². The predicted molar refractivity (Wildman–Crippen MR) is 67.4 cm³/mol. The van der Waals surface area contributed by atoms with Crippen LogP contribution in [0.3, 0.4) is 0 Å². The van der Waals surface area contributed by atoms with Crippen molar-refractivity contribution < 1.29 is 19.1 Å². The summed E-state index contributed by atoms with van der Waals surface area (Å²) in [4.78, 5) is 22.8. The Kier molecular flexibility index (Phi) is 5.57. The number of terminal acetylenes is 1. The zero-order valence-electron chi connectivity index (χ0n) is 10.8. The maximum Gasteiger partial charge on any atom is 0.358 e. The van der Waals surface area contributed by atoms with Gasteiger partial charge < -0.3 is 14.8 Å². The van der Waals surface area contributed by atoms with E-state index in [1.54, 1.807) is 7.05 Å². The van der Waals surface area contributed by atoms with Gasteiger partial charge in [0.05, 0.1) is 20.1 Å². The fourth-order valence-corrected chi connectivity index (χ4v) is 1.29. The first-order valence-electron chi connectivity index (χ1n) is 5.52. The Morgan fingerprint density at radius 2 is 2.32 bits per heavy atom. The molecule has 7 nitrogen and oxygen atoms in total. The minimum Gasteiger partial charge on any atom is -0.464 e. The summed E-state index contributed by atoms with van der Waals surface area (Å²) in [5.74, 6) is 1.89. The number of amides is 1. The molecular formula is C12H15N3O4. The zero-order chi connectivity index (χ0) is 14.3. The molecule has 102 valence electrons. The molecule has 7 heteroatoms. The number of carbonyl (C=O) groups is 2. The highest BCUT2D eigenvalue weighted by Gasteiger charge is 2.14. The summed E-state index contributed by atoms with van der Waals surface area (Å²) in [5, 5.41) is 6.52. The molecule has 1 amide bonds. The van der Waals surface area contributed by atoms with Crippen LogP contribution in [-0.4, -0.2) is 42.0 Å². The van der Waals surface area contributed by atoms with Crippen molar-refractivity contribution in [1.82, 2.24) is 9.78 Å². The molecular weight excluding hydrogens is 250 g/mol. The second-order valence-corrected chi connectivity index (χ2v) is 3.58. The maximum atomic E-state index is 11.6. The van der Waals surface area contributed by atoms with E-state index in [9.17, 15) is 9.59 Å². The molecule has 0 atom stereocenters. The first-order valence-corrected chi connectivity index (χ1v) is 5.52. The Morgan fingerprint density at radius 3 is 2.95 bits per heavy atom. The van der Waals surface area contributed by atoms with E-state index in [0.717, 1.165) is 0 Å². The van der Waals surface area contributed by atoms with Gasteiger partial charge in [-0.15, -0.1) is 6.42 Å². The van der Waals surface area contributed by atoms with E-state index in [2.05, 4.69) is 21.1 Å². The van der Waals surface area contributed by atoms with Gasteiger partial charge in [0.15, 0.2) is 5.69 Å². The minimum absolute atomic E-state index is 0.129. The highest BCUT2D eigenvalue weighted by molar-refractivity contribution is 5.92. The largest absolute Gasteiger partial charge is 0.464 e. The summed E-state index contributed by atoms with van der Waals surface area (Å²) in [6.45, 7) is 0.406. The Bertz CT molecular complexity index is 502. The van der Waals surface area contributed by atoms with E-state index in [4.69, 9.17) is 11.2 Å². The predicted octanol–water partition coefficient (Wildman–Crippen LogP) is 0.185. The van der Waals surface area contributed by atoms with Gasteiger partial charge in [-0.05, 0) is 0 Å². The highest BCUT2D eigenvalue weighted by atomic mass is 16.5. The molecule has 0 aliphatic rings. The third-order valence-corrected chi connectivity index (χ3v) is 2.20. The third kappa shape index (κ3) is 4.44. The molecule has 19 heavy (non-hydrogen) atoms. The van der Waals surface area contributed by atoms with Crippen molar-refractivity contribution in [3.8, 4) is 12.3 Å². The summed E-state index contributed by atoms with van der Waals surface area (Å²) in [6, 6.07) is 1.44. The number of aryl methyl sites for hydroxylation is 1. The molecule has 1 aromatic rings. The number of carbonyl (C=O) groups excluding carboxylic acids is 2. The number of ether oxygens (including phenoxy) is 2. The van der Waals surface area contributed by atoms with Crippen molar-refractivity contribution in [1.29, 1.82) is 0 Å². The number of esters is 1. The summed E-state index contributed by atoms with van der Waals surface area (Å²) >= 11 is 0. The van der Waals surface area contributed by atoms with Crippen LogP contribution >= 0.6 is 0 Å². The molecule has 1 N–H and O–H groups in total. The molecule has 0 spiro atoms. The molecule has 0 aromatic carbocycles. The van der Waals surface area contributed by atoms with Gasteiger partial charge in [-0.1, -0.05) is 5.92 Å². The lowest BCUT2D eigenvalue weighted by Gasteiger charge is -2.04. The van der Waals surface area contributed by atoms with E-state index >= 15 is 0 Å². The third-order valence-electron chi connectivity index (χ3n) is 2.20. The number of nitrogens with one attached hydrogen (secondary N) is 1. The monoisotopic (exact) mass is 265 g/mol. The van der Waals surface area contributed by atoms with Gasteiger partial charge >= 0.3 is 5.97 Å². The van der Waals surface area contributed by atoms with E-state index < -0.39 is 5.97 Å². The van der Waals surface area contributed by atoms with E-state index in [1.165, 1.54) is 17.9 Å². The topological polar surface area (TPSA) is 82.4 Å². The van der Waals surface area contributed by atoms with Gasteiger partial charge in [-0.25, -0.2) is 4.79 Å². The molecule has 0 bridgehead atoms. The molecule has 0 saturated carbocycles. The van der Waals surface area contributed by atoms with Crippen LogP contribution in [0.1, 0.15) is 16.9 Å². The van der Waals surface area contributed by atoms with Gasteiger partial charge in [-0.3, -0.25) is 9.48 Å². The van der Waals surface area contributed by atoms with Crippen molar-refractivity contribution in [2.75, 3.05) is 25.6 Å². The van der Waals surface area contributed by atoms with Crippen LogP contribution in [0.4, 0.5) is 5.82 Å². The quantitative estimate of drug-likeness (QED) is 0.451. The minimum atomic E-state index is -0.562. The summed E-state index contributed by atoms with van der Waals surface area (Å²) < 4.78 is 10.9. The van der Waals surface area contributed by atoms with E-state index in [-0.39, 0.29) is 31.2 Å². The lowest BCUT2D eigenvalue weighted by atomic mass is 10.4. The summed E-state index contributed by atoms with van der Waals surface area (Å²) in [5.41, 5.74) is 0.129. The zero-order valence-corrected chi connectivity index (χ0v) is 10.8. The number of rotatable bonds is 6. The Labute approximate surface area is 110 Å². The van der Waals surface area contributed by atoms with Gasteiger partial charge in [0.1, 0.15) is 12.4 Å². The fraction of sp³-hybridized carbons (Fsp3) is 0.417. The van der Waals surface area contributed by atoms with Crippen molar-refractivity contribution in [2.24, 2.45) is 7.05 Å². The van der Waals surface area contributed by atoms with Crippen LogP contribution in [0.5, 0.6) is 0 Å². The second-order valence-electron chi connectivity index (χ2n) is 3.58. The first kappa shape index (κ1) is 14.7. The maximum absolute atomic E-state index is 11.6. The smallest absolute Gasteiger partial charge is 0.358 e. The van der Waals surface area contributed by atoms with Gasteiger partial charge in [0, 0.05) is 13.1 Å². The van der Waals surface area contributed by atoms with Crippen LogP contribution in [0.2, 0.25) is 0 Å². The van der Waals surface area contributed by atoms with Crippen molar-refractivity contribution in [3.63, 3.8) is 0 Å². The standard InChI is InChI=1S/C12H15N3O4/c1-4-6-19-7-5-11(16)13-10-8-9(12(17)18-3)14-15(10)2/h1,8H,5-7H2,2-3H3,(H,13,16). The second kappa shape index (κ2) is 7.18. The number of hydrogen-bond donors (Lipinski definition) is 1. The molecule has 1 aromatic heterocycles. The molecule has 0 aliphatic heterocycles. The lowest BCUT2D eigenvalue weighted by Crippen LogP contribution is -2.16. The van der Waals surface area contributed by atoms with Gasteiger partial charge in [0.25, 0.3) is 0 Å². The van der Waals surface area contributed by atoms with Crippen molar-refractivity contribution in [3.05, 3.63) is 11.8 Å². The number of hydrogen-bond acceptors (Lipinski definition) is 5. The Hall–Kier alpha value is -2.33. The average Bonchev–Trinajstić information content (AvgIpc) is 2.75. The summed E-state index contributed by atoms with van der Waals surface area (Å²) in [7, 11) is 2.87. The normalized spacial score (nSPS) is 9.74. The molecule has 0 unspecified atom stereocenters. The van der Waals surface area contributed by atoms with Gasteiger partial charge in [-0.2, -0.15) is 5.10 Å². The molecule has 1 heterocycles. The molecule has 1 rings (SSSR count). The molecule has 0 saturated heterocycles. The van der Waals surface area contributed by atoms with Crippen LogP contribution in [-0.2, 0) is 21.3 Å². The first-order chi connectivity index (χ1) is 9.08. The number of anilines is 1. The van der Waals surface area contributed by atoms with Crippen LogP contribution in [0.15, 0.2) is 6.07 Å². The van der Waals surface area contributed by atoms with Crippen LogP contribution < -0.4 is 5.32 Å². The number of methoxy groups -OCH3 is 1. The SMILES string of the molecule is C#CCOCCC(=O)Nc1cc(C(=O)OC)nn1C. The highest BCUT2D eigenvalue weighted by Crippen LogP contribution is 2.10. The molecule has 0 fully saturated rings. The lowest BCUT2D eigenvalue weighted by molar-refractivity contribution is -0.117. The number of nitrogens with zero attached hydrogens (tertiary/aromatic N) is 2. The Balaban J connectivity index is 2.53. The average molecular weight is 265 g/mol. The van der Waals surface area contributed by atoms with E-state index in [0.29, 0.717) is 5.82 Å². The molecule has 0 radical (unpaired) electrons. The summed E-state index contributed by atoms with van der Waals surface area (Å²) in [6.07, 6.45) is 5.17. The number of aromatic nitrogens is 2. The Morgan fingerprint density at radius 1 is 1.58 bits per heavy atom. The van der Waals surface area contributed by atoms with Crippen LogP contribution in [0.25, 0.3) is 0 Å². The molecule has 0 aliphatic carbocycles.